The van der Waals surface area contributed by atoms with Crippen LogP contribution in [0.25, 0.3) is 0 Å². The van der Waals surface area contributed by atoms with Crippen molar-refractivity contribution in [2.24, 2.45) is 0 Å². The van der Waals surface area contributed by atoms with Gasteiger partial charge < -0.3 is 14.6 Å². The second kappa shape index (κ2) is 6.21. The van der Waals surface area contributed by atoms with Gasteiger partial charge in [-0.05, 0) is 12.1 Å². The Hall–Kier alpha value is -2.63. The maximum absolute atomic E-state index is 11.3. The number of carboxylic acids is 1. The summed E-state index contributed by atoms with van der Waals surface area (Å²) in [6.07, 6.45) is 1.38. The topological polar surface area (TPSA) is 81.5 Å². The number of hydrogen-bond acceptors (Lipinski definition) is 5. The summed E-state index contributed by atoms with van der Waals surface area (Å²) in [7, 11) is 1.54. The molecule has 0 radical (unpaired) electrons. The van der Waals surface area contributed by atoms with Gasteiger partial charge in [0, 0.05) is 12.0 Å². The van der Waals surface area contributed by atoms with Crippen LogP contribution >= 0.6 is 0 Å². The fourth-order valence-corrected chi connectivity index (χ4v) is 1.68. The first-order chi connectivity index (χ1) is 10.0. The molecule has 2 rings (SSSR count). The second-order valence-corrected chi connectivity index (χ2v) is 4.68. The summed E-state index contributed by atoms with van der Waals surface area (Å²) < 4.78 is 10.7. The van der Waals surface area contributed by atoms with Crippen LogP contribution in [0.4, 0.5) is 0 Å². The van der Waals surface area contributed by atoms with Gasteiger partial charge in [0.05, 0.1) is 13.3 Å². The van der Waals surface area contributed by atoms with Gasteiger partial charge in [0.25, 0.3) is 0 Å². The van der Waals surface area contributed by atoms with Gasteiger partial charge in [0.2, 0.25) is 0 Å². The number of benzene rings is 1. The van der Waals surface area contributed by atoms with E-state index in [1.54, 1.807) is 31.4 Å². The van der Waals surface area contributed by atoms with Crippen molar-refractivity contribution in [1.82, 2.24) is 9.97 Å². The molecule has 0 aliphatic carbocycles. The van der Waals surface area contributed by atoms with Gasteiger partial charge in [-0.3, -0.25) is 0 Å². The fraction of sp³-hybridized carbons (Fsp3) is 0.267. The lowest BCUT2D eigenvalue weighted by Crippen LogP contribution is -2.08. The van der Waals surface area contributed by atoms with Crippen LogP contribution in [0.5, 0.6) is 17.2 Å². The Balaban J connectivity index is 2.36. The highest BCUT2D eigenvalue weighted by atomic mass is 16.5. The molecule has 1 aromatic heterocycles. The average Bonchev–Trinajstić information content (AvgIpc) is 2.47. The zero-order valence-electron chi connectivity index (χ0n) is 12.0. The number of ether oxygens (including phenoxy) is 2. The van der Waals surface area contributed by atoms with E-state index in [9.17, 15) is 9.90 Å². The SMILES string of the molecule is COc1cccc(Oc2cnc(C(C)C)nc2C(=O)O)c1. The molecule has 0 fully saturated rings. The maximum atomic E-state index is 11.3. The first-order valence-corrected chi connectivity index (χ1v) is 6.43. The Morgan fingerprint density at radius 1 is 1.29 bits per heavy atom. The summed E-state index contributed by atoms with van der Waals surface area (Å²) in [5.74, 6) is 0.513. The van der Waals surface area contributed by atoms with E-state index in [0.29, 0.717) is 17.3 Å². The number of nitrogens with zero attached hydrogens (tertiary/aromatic N) is 2. The van der Waals surface area contributed by atoms with Gasteiger partial charge in [-0.1, -0.05) is 19.9 Å². The summed E-state index contributed by atoms with van der Waals surface area (Å²) in [5.41, 5.74) is -0.156. The van der Waals surface area contributed by atoms with Gasteiger partial charge in [-0.2, -0.15) is 0 Å². The molecule has 1 aromatic carbocycles. The zero-order valence-corrected chi connectivity index (χ0v) is 12.0. The van der Waals surface area contributed by atoms with Crippen molar-refractivity contribution in [3.05, 3.63) is 42.0 Å². The minimum atomic E-state index is -1.16. The molecule has 0 saturated heterocycles. The molecule has 0 atom stereocenters. The van der Waals surface area contributed by atoms with Gasteiger partial charge in [-0.15, -0.1) is 0 Å². The summed E-state index contributed by atoms with van der Waals surface area (Å²) in [6.45, 7) is 3.78. The first kappa shape index (κ1) is 14.8. The van der Waals surface area contributed by atoms with Crippen LogP contribution in [0.2, 0.25) is 0 Å². The lowest BCUT2D eigenvalue weighted by molar-refractivity contribution is 0.0686. The van der Waals surface area contributed by atoms with E-state index in [-0.39, 0.29) is 17.4 Å². The number of carboxylic acid groups (broad SMARTS) is 1. The summed E-state index contributed by atoms with van der Waals surface area (Å²) in [4.78, 5) is 19.5. The van der Waals surface area contributed by atoms with Crippen molar-refractivity contribution in [3.8, 4) is 17.2 Å². The normalized spacial score (nSPS) is 10.5. The van der Waals surface area contributed by atoms with E-state index in [1.807, 2.05) is 13.8 Å². The van der Waals surface area contributed by atoms with E-state index in [1.165, 1.54) is 6.20 Å². The Morgan fingerprint density at radius 2 is 2.00 bits per heavy atom. The van der Waals surface area contributed by atoms with Crippen molar-refractivity contribution < 1.29 is 19.4 Å². The first-order valence-electron chi connectivity index (χ1n) is 6.43. The zero-order chi connectivity index (χ0) is 15.4. The lowest BCUT2D eigenvalue weighted by atomic mass is 10.2. The van der Waals surface area contributed by atoms with Gasteiger partial charge >= 0.3 is 5.97 Å². The quantitative estimate of drug-likeness (QED) is 0.910. The van der Waals surface area contributed by atoms with Crippen LogP contribution in [0.1, 0.15) is 36.1 Å². The molecule has 21 heavy (non-hydrogen) atoms. The Morgan fingerprint density at radius 3 is 2.62 bits per heavy atom. The molecule has 110 valence electrons. The van der Waals surface area contributed by atoms with Crippen LogP contribution in [0.15, 0.2) is 30.5 Å². The van der Waals surface area contributed by atoms with Crippen LogP contribution in [0, 0.1) is 0 Å². The van der Waals surface area contributed by atoms with Crippen molar-refractivity contribution in [3.63, 3.8) is 0 Å². The molecule has 6 heteroatoms. The fourth-order valence-electron chi connectivity index (χ4n) is 1.68. The highest BCUT2D eigenvalue weighted by Crippen LogP contribution is 2.27. The van der Waals surface area contributed by atoms with Crippen molar-refractivity contribution in [2.75, 3.05) is 7.11 Å². The molecular formula is C15H16N2O4. The molecule has 0 saturated carbocycles. The molecule has 0 spiro atoms. The third-order valence-electron chi connectivity index (χ3n) is 2.76. The van der Waals surface area contributed by atoms with E-state index in [2.05, 4.69) is 9.97 Å². The minimum Gasteiger partial charge on any atom is -0.497 e. The highest BCUT2D eigenvalue weighted by molar-refractivity contribution is 5.88. The van der Waals surface area contributed by atoms with Gasteiger partial charge in [-0.25, -0.2) is 14.8 Å². The molecular weight excluding hydrogens is 272 g/mol. The molecule has 0 bridgehead atoms. The summed E-state index contributed by atoms with van der Waals surface area (Å²) in [6, 6.07) is 6.87. The predicted octanol–water partition coefficient (Wildman–Crippen LogP) is 3.10. The molecule has 0 aliphatic rings. The summed E-state index contributed by atoms with van der Waals surface area (Å²) >= 11 is 0. The Labute approximate surface area is 122 Å². The van der Waals surface area contributed by atoms with Gasteiger partial charge in [0.15, 0.2) is 11.4 Å². The molecule has 1 N–H and O–H groups in total. The third kappa shape index (κ3) is 3.47. The van der Waals surface area contributed by atoms with Crippen molar-refractivity contribution in [2.45, 2.75) is 19.8 Å². The largest absolute Gasteiger partial charge is 0.497 e. The van der Waals surface area contributed by atoms with Crippen LogP contribution in [-0.4, -0.2) is 28.2 Å². The average molecular weight is 288 g/mol. The lowest BCUT2D eigenvalue weighted by Gasteiger charge is -2.11. The number of aromatic nitrogens is 2. The predicted molar refractivity (Wildman–Crippen MR) is 76.1 cm³/mol. The highest BCUT2D eigenvalue weighted by Gasteiger charge is 2.17. The monoisotopic (exact) mass is 288 g/mol. The number of rotatable bonds is 5. The maximum Gasteiger partial charge on any atom is 0.358 e. The molecule has 0 aliphatic heterocycles. The van der Waals surface area contributed by atoms with Crippen LogP contribution < -0.4 is 9.47 Å². The summed E-state index contributed by atoms with van der Waals surface area (Å²) in [5, 5.41) is 9.26. The molecule has 2 aromatic rings. The van der Waals surface area contributed by atoms with Gasteiger partial charge in [0.1, 0.15) is 17.3 Å². The Bertz CT molecular complexity index is 656. The standard InChI is InChI=1S/C15H16N2O4/c1-9(2)14-16-8-12(13(17-14)15(18)19)21-11-6-4-5-10(7-11)20-3/h4-9H,1-3H3,(H,18,19). The minimum absolute atomic E-state index is 0.0361. The molecule has 0 amide bonds. The van der Waals surface area contributed by atoms with Crippen molar-refractivity contribution in [1.29, 1.82) is 0 Å². The van der Waals surface area contributed by atoms with E-state index in [0.717, 1.165) is 0 Å². The smallest absolute Gasteiger partial charge is 0.358 e. The van der Waals surface area contributed by atoms with Crippen LogP contribution in [0.3, 0.4) is 0 Å². The Kier molecular flexibility index (Phi) is 4.37. The second-order valence-electron chi connectivity index (χ2n) is 4.68. The molecule has 0 unspecified atom stereocenters. The molecule has 1 heterocycles. The number of hydrogen-bond donors (Lipinski definition) is 1. The van der Waals surface area contributed by atoms with Crippen molar-refractivity contribution >= 4 is 5.97 Å². The number of carbonyl (C=O) groups is 1. The van der Waals surface area contributed by atoms with Crippen LogP contribution in [-0.2, 0) is 0 Å². The third-order valence-corrected chi connectivity index (χ3v) is 2.76. The van der Waals surface area contributed by atoms with E-state index < -0.39 is 5.97 Å². The number of aromatic carboxylic acids is 1. The van der Waals surface area contributed by atoms with E-state index in [4.69, 9.17) is 9.47 Å². The van der Waals surface area contributed by atoms with E-state index >= 15 is 0 Å². The molecule has 6 nitrogen and oxygen atoms in total. The number of methoxy groups -OCH3 is 1.